The third kappa shape index (κ3) is 3.57. The molecule has 86 valence electrons. The van der Waals surface area contributed by atoms with Gasteiger partial charge in [-0.25, -0.2) is 0 Å². The molecule has 1 aromatic rings. The lowest BCUT2D eigenvalue weighted by Gasteiger charge is -2.04. The van der Waals surface area contributed by atoms with Crippen LogP contribution >= 0.6 is 0 Å². The molecule has 1 heterocycles. The summed E-state index contributed by atoms with van der Waals surface area (Å²) in [5, 5.41) is 7.90. The van der Waals surface area contributed by atoms with Crippen molar-refractivity contribution in [2.24, 2.45) is 0 Å². The van der Waals surface area contributed by atoms with Crippen LogP contribution in [0, 0.1) is 6.92 Å². The summed E-state index contributed by atoms with van der Waals surface area (Å²) >= 11 is 0. The molecular formula is C12H23N3. The van der Waals surface area contributed by atoms with Gasteiger partial charge in [-0.1, -0.05) is 19.8 Å². The van der Waals surface area contributed by atoms with E-state index in [1.165, 1.54) is 24.9 Å². The quantitative estimate of drug-likeness (QED) is 0.728. The molecule has 0 saturated heterocycles. The molecule has 1 rings (SSSR count). The predicted molar refractivity (Wildman–Crippen MR) is 65.4 cm³/mol. The van der Waals surface area contributed by atoms with E-state index in [1.54, 1.807) is 0 Å². The van der Waals surface area contributed by atoms with Crippen molar-refractivity contribution in [3.05, 3.63) is 11.9 Å². The zero-order valence-corrected chi connectivity index (χ0v) is 10.4. The van der Waals surface area contributed by atoms with Crippen molar-refractivity contribution < 1.29 is 0 Å². The van der Waals surface area contributed by atoms with E-state index in [9.17, 15) is 0 Å². The first-order valence-electron chi connectivity index (χ1n) is 5.94. The molecule has 0 bridgehead atoms. The highest BCUT2D eigenvalue weighted by Gasteiger charge is 2.05. The summed E-state index contributed by atoms with van der Waals surface area (Å²) in [4.78, 5) is 0. The molecule has 3 heteroatoms. The van der Waals surface area contributed by atoms with Crippen molar-refractivity contribution in [1.29, 1.82) is 0 Å². The third-order valence-corrected chi connectivity index (χ3v) is 2.54. The summed E-state index contributed by atoms with van der Waals surface area (Å²) in [6.07, 6.45) is 5.91. The van der Waals surface area contributed by atoms with Crippen LogP contribution < -0.4 is 5.32 Å². The van der Waals surface area contributed by atoms with E-state index >= 15 is 0 Å². The number of anilines is 1. The first-order valence-corrected chi connectivity index (χ1v) is 5.94. The fourth-order valence-corrected chi connectivity index (χ4v) is 1.52. The van der Waals surface area contributed by atoms with Crippen LogP contribution in [-0.2, 0) is 0 Å². The van der Waals surface area contributed by atoms with Gasteiger partial charge in [0.05, 0.1) is 11.4 Å². The average molecular weight is 209 g/mol. The Hall–Kier alpha value is -0.990. The van der Waals surface area contributed by atoms with Gasteiger partial charge in [0.25, 0.3) is 0 Å². The maximum atomic E-state index is 4.46. The van der Waals surface area contributed by atoms with Crippen LogP contribution in [0.25, 0.3) is 0 Å². The van der Waals surface area contributed by atoms with Crippen molar-refractivity contribution in [3.8, 4) is 0 Å². The molecular weight excluding hydrogens is 186 g/mol. The van der Waals surface area contributed by atoms with Gasteiger partial charge in [0.1, 0.15) is 0 Å². The highest BCUT2D eigenvalue weighted by molar-refractivity contribution is 5.45. The van der Waals surface area contributed by atoms with Crippen LogP contribution in [0.4, 0.5) is 5.69 Å². The van der Waals surface area contributed by atoms with Gasteiger partial charge in [-0.3, -0.25) is 4.68 Å². The predicted octanol–water partition coefficient (Wildman–Crippen LogP) is 3.37. The molecule has 0 fully saturated rings. The second-order valence-electron chi connectivity index (χ2n) is 4.34. The Bertz CT molecular complexity index is 289. The lowest BCUT2D eigenvalue weighted by molar-refractivity contribution is 0.529. The van der Waals surface area contributed by atoms with Gasteiger partial charge in [0.15, 0.2) is 0 Å². The summed E-state index contributed by atoms with van der Waals surface area (Å²) in [5.74, 6) is 0. The van der Waals surface area contributed by atoms with Gasteiger partial charge >= 0.3 is 0 Å². The summed E-state index contributed by atoms with van der Waals surface area (Å²) in [7, 11) is 0. The monoisotopic (exact) mass is 209 g/mol. The highest BCUT2D eigenvalue weighted by Crippen LogP contribution is 2.15. The normalized spacial score (nSPS) is 11.0. The Morgan fingerprint density at radius 2 is 2.13 bits per heavy atom. The summed E-state index contributed by atoms with van der Waals surface area (Å²) < 4.78 is 2.01. The summed E-state index contributed by atoms with van der Waals surface area (Å²) in [5.41, 5.74) is 2.28. The lowest BCUT2D eigenvalue weighted by Crippen LogP contribution is -2.02. The van der Waals surface area contributed by atoms with E-state index in [0.29, 0.717) is 6.04 Å². The minimum atomic E-state index is 0.440. The molecule has 0 spiro atoms. The smallest absolute Gasteiger partial charge is 0.0825 e. The molecule has 0 aliphatic carbocycles. The van der Waals surface area contributed by atoms with Gasteiger partial charge in [-0.2, -0.15) is 5.10 Å². The van der Waals surface area contributed by atoms with Crippen LogP contribution in [0.3, 0.4) is 0 Å². The van der Waals surface area contributed by atoms with Gasteiger partial charge in [0, 0.05) is 18.8 Å². The highest BCUT2D eigenvalue weighted by atomic mass is 15.3. The SMILES string of the molecule is CCCCCNc1cn(C(C)C)nc1C. The van der Waals surface area contributed by atoms with E-state index in [-0.39, 0.29) is 0 Å². The van der Waals surface area contributed by atoms with Crippen LogP contribution in [-0.4, -0.2) is 16.3 Å². The molecule has 0 amide bonds. The minimum Gasteiger partial charge on any atom is -0.382 e. The first kappa shape index (κ1) is 12.1. The molecule has 0 aromatic carbocycles. The second kappa shape index (κ2) is 5.79. The van der Waals surface area contributed by atoms with Gasteiger partial charge < -0.3 is 5.32 Å². The number of nitrogens with one attached hydrogen (secondary N) is 1. The molecule has 3 nitrogen and oxygen atoms in total. The topological polar surface area (TPSA) is 29.9 Å². The molecule has 0 radical (unpaired) electrons. The number of aromatic nitrogens is 2. The number of hydrogen-bond acceptors (Lipinski definition) is 2. The van der Waals surface area contributed by atoms with E-state index in [4.69, 9.17) is 0 Å². The van der Waals surface area contributed by atoms with E-state index in [2.05, 4.69) is 44.3 Å². The minimum absolute atomic E-state index is 0.440. The van der Waals surface area contributed by atoms with E-state index < -0.39 is 0 Å². The van der Waals surface area contributed by atoms with Gasteiger partial charge in [0.2, 0.25) is 0 Å². The first-order chi connectivity index (χ1) is 7.15. The van der Waals surface area contributed by atoms with Crippen molar-refractivity contribution in [2.75, 3.05) is 11.9 Å². The van der Waals surface area contributed by atoms with Crippen molar-refractivity contribution >= 4 is 5.69 Å². The van der Waals surface area contributed by atoms with Gasteiger partial charge in [-0.15, -0.1) is 0 Å². The van der Waals surface area contributed by atoms with Crippen molar-refractivity contribution in [3.63, 3.8) is 0 Å². The average Bonchev–Trinajstić information content (AvgIpc) is 2.55. The maximum absolute atomic E-state index is 4.46. The molecule has 0 saturated carbocycles. The standard InChI is InChI=1S/C12H23N3/c1-5-6-7-8-13-12-9-15(10(2)3)14-11(12)4/h9-10,13H,5-8H2,1-4H3. The third-order valence-electron chi connectivity index (χ3n) is 2.54. The summed E-state index contributed by atoms with van der Waals surface area (Å²) in [6.45, 7) is 9.63. The van der Waals surface area contributed by atoms with Gasteiger partial charge in [-0.05, 0) is 27.2 Å². The van der Waals surface area contributed by atoms with Crippen LogP contribution in [0.5, 0.6) is 0 Å². The largest absolute Gasteiger partial charge is 0.382 e. The number of unbranched alkanes of at least 4 members (excludes halogenated alkanes) is 2. The molecule has 0 aliphatic rings. The zero-order valence-electron chi connectivity index (χ0n) is 10.4. The molecule has 1 N–H and O–H groups in total. The fraction of sp³-hybridized carbons (Fsp3) is 0.750. The molecule has 0 unspecified atom stereocenters. The number of hydrogen-bond donors (Lipinski definition) is 1. The number of aryl methyl sites for hydroxylation is 1. The Kier molecular flexibility index (Phi) is 4.66. The van der Waals surface area contributed by atoms with Crippen molar-refractivity contribution in [1.82, 2.24) is 9.78 Å². The van der Waals surface area contributed by atoms with Crippen LogP contribution in [0.15, 0.2) is 6.20 Å². The van der Waals surface area contributed by atoms with Crippen LogP contribution in [0.2, 0.25) is 0 Å². The number of nitrogens with zero attached hydrogens (tertiary/aromatic N) is 2. The molecule has 15 heavy (non-hydrogen) atoms. The number of rotatable bonds is 6. The van der Waals surface area contributed by atoms with Crippen molar-refractivity contribution in [2.45, 2.75) is 53.0 Å². The van der Waals surface area contributed by atoms with E-state index in [1.807, 2.05) is 4.68 Å². The molecule has 0 atom stereocenters. The fourth-order valence-electron chi connectivity index (χ4n) is 1.52. The zero-order chi connectivity index (χ0) is 11.3. The Balaban J connectivity index is 2.46. The Morgan fingerprint density at radius 3 is 2.67 bits per heavy atom. The molecule has 0 aliphatic heterocycles. The molecule has 1 aromatic heterocycles. The second-order valence-corrected chi connectivity index (χ2v) is 4.34. The summed E-state index contributed by atoms with van der Waals surface area (Å²) in [6, 6.07) is 0.440. The Labute approximate surface area is 92.9 Å². The van der Waals surface area contributed by atoms with Crippen LogP contribution in [0.1, 0.15) is 51.8 Å². The van der Waals surface area contributed by atoms with E-state index in [0.717, 1.165) is 12.2 Å². The maximum Gasteiger partial charge on any atom is 0.0825 e. The lowest BCUT2D eigenvalue weighted by atomic mass is 10.2. The Morgan fingerprint density at radius 1 is 1.40 bits per heavy atom.